The van der Waals surface area contributed by atoms with Crippen molar-refractivity contribution in [3.63, 3.8) is 0 Å². The molecule has 0 aliphatic heterocycles. The highest BCUT2D eigenvalue weighted by molar-refractivity contribution is 7.86. The molecule has 0 radical (unpaired) electrons. The second-order valence-corrected chi connectivity index (χ2v) is 7.22. The molecular weight excluding hydrogens is 328 g/mol. The van der Waals surface area contributed by atoms with Gasteiger partial charge in [0.25, 0.3) is 10.1 Å². The fourth-order valence-electron chi connectivity index (χ4n) is 2.21. The number of nitrogens with zero attached hydrogens (tertiary/aromatic N) is 2. The van der Waals surface area contributed by atoms with Gasteiger partial charge in [0.15, 0.2) is 0 Å². The van der Waals surface area contributed by atoms with Crippen LogP contribution < -0.4 is 5.23 Å². The van der Waals surface area contributed by atoms with E-state index in [1.165, 1.54) is 13.5 Å². The molecule has 0 fully saturated rings. The lowest BCUT2D eigenvalue weighted by Crippen LogP contribution is -2.27. The van der Waals surface area contributed by atoms with Gasteiger partial charge in [0.05, 0.1) is 31.0 Å². The first kappa shape index (κ1) is 20.4. The topological polar surface area (TPSA) is 79.6 Å². The van der Waals surface area contributed by atoms with Crippen LogP contribution in [0.25, 0.3) is 0 Å². The molecule has 134 valence electrons. The van der Waals surface area contributed by atoms with Crippen molar-refractivity contribution >= 4 is 15.8 Å². The van der Waals surface area contributed by atoms with Crippen molar-refractivity contribution in [2.24, 2.45) is 0 Å². The van der Waals surface area contributed by atoms with Crippen molar-refractivity contribution < 1.29 is 17.5 Å². The van der Waals surface area contributed by atoms with Gasteiger partial charge in [-0.3, -0.25) is 4.84 Å². The van der Waals surface area contributed by atoms with Crippen LogP contribution in [0.2, 0.25) is 0 Å². The maximum atomic E-state index is 12.0. The van der Waals surface area contributed by atoms with Gasteiger partial charge in [-0.05, 0) is 24.1 Å². The van der Waals surface area contributed by atoms with Crippen LogP contribution in [0.5, 0.6) is 0 Å². The Morgan fingerprint density at radius 2 is 1.71 bits per heavy atom. The minimum Gasteiger partial charge on any atom is -0.251 e. The van der Waals surface area contributed by atoms with Crippen LogP contribution in [0.15, 0.2) is 24.3 Å². The Morgan fingerprint density at radius 3 is 2.29 bits per heavy atom. The van der Waals surface area contributed by atoms with E-state index in [1.807, 2.05) is 0 Å². The summed E-state index contributed by atoms with van der Waals surface area (Å²) in [4.78, 5) is 5.00. The average molecular weight is 354 g/mol. The van der Waals surface area contributed by atoms with E-state index in [-0.39, 0.29) is 5.75 Å². The monoisotopic (exact) mass is 354 g/mol. The third kappa shape index (κ3) is 7.77. The number of rotatable bonds is 12. The van der Waals surface area contributed by atoms with Gasteiger partial charge in [-0.1, -0.05) is 51.2 Å². The van der Waals surface area contributed by atoms with E-state index in [2.05, 4.69) is 13.0 Å². The van der Waals surface area contributed by atoms with E-state index < -0.39 is 10.1 Å². The van der Waals surface area contributed by atoms with Gasteiger partial charge in [-0.15, -0.1) is 9.51 Å². The number of benzene rings is 1. The summed E-state index contributed by atoms with van der Waals surface area (Å²) in [6, 6.07) is 8.81. The fraction of sp³-hybridized carbons (Fsp3) is 0.588. The minimum absolute atomic E-state index is 0.0362. The van der Waals surface area contributed by atoms with Crippen molar-refractivity contribution in [1.82, 2.24) is 0 Å². The maximum Gasteiger partial charge on any atom is 0.290 e. The number of hydrogen-bond acceptors (Lipinski definition) is 6. The Balaban J connectivity index is 2.52. The van der Waals surface area contributed by atoms with Gasteiger partial charge in [0.1, 0.15) is 0 Å². The highest BCUT2D eigenvalue weighted by Gasteiger charge is 2.18. The third-order valence-electron chi connectivity index (χ3n) is 3.53. The Hall–Kier alpha value is -1.62. The van der Waals surface area contributed by atoms with Crippen LogP contribution in [-0.4, -0.2) is 21.3 Å². The van der Waals surface area contributed by atoms with Crippen LogP contribution in [0.4, 0.5) is 5.69 Å². The zero-order valence-corrected chi connectivity index (χ0v) is 15.2. The summed E-state index contributed by atoms with van der Waals surface area (Å²) >= 11 is 0. The van der Waals surface area contributed by atoms with E-state index in [0.29, 0.717) is 18.5 Å². The molecule has 0 aromatic heterocycles. The van der Waals surface area contributed by atoms with Crippen LogP contribution in [-0.2, 0) is 25.7 Å². The number of unbranched alkanes of at least 4 members (excludes halogenated alkanes) is 5. The molecule has 7 heteroatoms. The summed E-state index contributed by atoms with van der Waals surface area (Å²) in [6.45, 7) is 2.14. The third-order valence-corrected chi connectivity index (χ3v) is 4.68. The highest BCUT2D eigenvalue weighted by atomic mass is 32.2. The van der Waals surface area contributed by atoms with E-state index in [9.17, 15) is 8.42 Å². The van der Waals surface area contributed by atoms with Gasteiger partial charge < -0.3 is 0 Å². The summed E-state index contributed by atoms with van der Waals surface area (Å²) < 4.78 is 29.1. The van der Waals surface area contributed by atoms with Crippen molar-refractivity contribution in [2.75, 3.05) is 18.1 Å². The number of anilines is 1. The predicted molar refractivity (Wildman–Crippen MR) is 93.5 cm³/mol. The largest absolute Gasteiger partial charge is 0.290 e. The summed E-state index contributed by atoms with van der Waals surface area (Å²) in [5.41, 5.74) is 1.29. The zero-order valence-electron chi connectivity index (χ0n) is 14.4. The predicted octanol–water partition coefficient (Wildman–Crippen LogP) is 3.74. The van der Waals surface area contributed by atoms with Crippen molar-refractivity contribution in [1.29, 1.82) is 5.26 Å². The first-order chi connectivity index (χ1) is 11.5. The zero-order chi connectivity index (χ0) is 17.8. The molecule has 1 aromatic carbocycles. The Morgan fingerprint density at radius 1 is 1.08 bits per heavy atom. The molecule has 0 aliphatic rings. The van der Waals surface area contributed by atoms with Crippen LogP contribution in [0.3, 0.4) is 0 Å². The molecule has 24 heavy (non-hydrogen) atoms. The standard InChI is InChI=1S/C17H26N2O4S/c1-3-4-5-6-7-8-15-24(20,21)23-19(22-2)17-11-9-16(10-12-17)13-14-18/h9-12H,3-8,13,15H2,1-2H3. The van der Waals surface area contributed by atoms with E-state index in [1.54, 1.807) is 24.3 Å². The lowest BCUT2D eigenvalue weighted by Gasteiger charge is -2.19. The van der Waals surface area contributed by atoms with E-state index >= 15 is 0 Å². The molecule has 0 unspecified atom stereocenters. The second kappa shape index (κ2) is 11.0. The molecule has 0 saturated carbocycles. The molecule has 1 aromatic rings. The molecule has 0 N–H and O–H groups in total. The Bertz CT molecular complexity index is 608. The van der Waals surface area contributed by atoms with Crippen molar-refractivity contribution in [3.05, 3.63) is 29.8 Å². The van der Waals surface area contributed by atoms with Crippen LogP contribution >= 0.6 is 0 Å². The van der Waals surface area contributed by atoms with Gasteiger partial charge >= 0.3 is 0 Å². The quantitative estimate of drug-likeness (QED) is 0.420. The Labute approximate surface area is 145 Å². The molecule has 1 rings (SSSR count). The summed E-state index contributed by atoms with van der Waals surface area (Å²) in [5, 5.41) is 9.54. The van der Waals surface area contributed by atoms with Gasteiger partial charge in [-0.25, -0.2) is 0 Å². The first-order valence-electron chi connectivity index (χ1n) is 8.24. The Kier molecular flexibility index (Phi) is 9.38. The van der Waals surface area contributed by atoms with Gasteiger partial charge in [0, 0.05) is 0 Å². The van der Waals surface area contributed by atoms with Crippen LogP contribution in [0.1, 0.15) is 51.0 Å². The van der Waals surface area contributed by atoms with Crippen molar-refractivity contribution in [3.8, 4) is 6.07 Å². The second-order valence-electron chi connectivity index (χ2n) is 5.55. The SMILES string of the molecule is CCCCCCCCS(=O)(=O)ON(OC)c1ccc(CC#N)cc1. The molecule has 0 aliphatic carbocycles. The number of hydrogen-bond donors (Lipinski definition) is 0. The van der Waals surface area contributed by atoms with Crippen molar-refractivity contribution in [2.45, 2.75) is 51.9 Å². The molecule has 0 spiro atoms. The molecule has 0 bridgehead atoms. The van der Waals surface area contributed by atoms with Gasteiger partial charge in [0.2, 0.25) is 0 Å². The maximum absolute atomic E-state index is 12.0. The first-order valence-corrected chi connectivity index (χ1v) is 9.82. The minimum atomic E-state index is -3.71. The molecule has 0 amide bonds. The summed E-state index contributed by atoms with van der Waals surface area (Å²) in [5.74, 6) is -0.0362. The van der Waals surface area contributed by atoms with E-state index in [0.717, 1.165) is 36.5 Å². The fourth-order valence-corrected chi connectivity index (χ4v) is 3.19. The normalized spacial score (nSPS) is 11.2. The lowest BCUT2D eigenvalue weighted by molar-refractivity contribution is 0.0133. The van der Waals surface area contributed by atoms with Crippen LogP contribution in [0, 0.1) is 11.3 Å². The smallest absolute Gasteiger partial charge is 0.251 e. The summed E-state index contributed by atoms with van der Waals surface area (Å²) in [7, 11) is -2.37. The molecule has 0 saturated heterocycles. The van der Waals surface area contributed by atoms with Gasteiger partial charge in [-0.2, -0.15) is 13.7 Å². The molecule has 0 heterocycles. The average Bonchev–Trinajstić information content (AvgIpc) is 2.57. The lowest BCUT2D eigenvalue weighted by atomic mass is 10.1. The molecule has 6 nitrogen and oxygen atoms in total. The molecular formula is C17H26N2O4S. The highest BCUT2D eigenvalue weighted by Crippen LogP contribution is 2.18. The number of nitriles is 1. The van der Waals surface area contributed by atoms with E-state index in [4.69, 9.17) is 14.4 Å². The summed E-state index contributed by atoms with van der Waals surface area (Å²) in [6.07, 6.45) is 6.27. The molecule has 0 atom stereocenters.